The smallest absolute Gasteiger partial charge is 0.416 e. The van der Waals surface area contributed by atoms with Crippen molar-refractivity contribution in [3.63, 3.8) is 0 Å². The SMILES string of the molecule is O=C(O)Nc1ccc2c(c1)N(S(=O)(=O)c1cccc(C(F)(F)F)c1)CC(CC(=O)NS(=O)(=O)C1CC1)O2. The van der Waals surface area contributed by atoms with Gasteiger partial charge >= 0.3 is 12.3 Å². The summed E-state index contributed by atoms with van der Waals surface area (Å²) in [6, 6.07) is 6.63. The van der Waals surface area contributed by atoms with Crippen molar-refractivity contribution in [1.82, 2.24) is 4.72 Å². The second-order valence-electron chi connectivity index (χ2n) is 8.39. The molecule has 2 aromatic carbocycles. The fourth-order valence-electron chi connectivity index (χ4n) is 3.68. The molecule has 1 atom stereocenters. The lowest BCUT2D eigenvalue weighted by Gasteiger charge is -2.35. The van der Waals surface area contributed by atoms with Crippen LogP contribution in [0.2, 0.25) is 0 Å². The summed E-state index contributed by atoms with van der Waals surface area (Å²) >= 11 is 0. The van der Waals surface area contributed by atoms with Crippen molar-refractivity contribution in [3.05, 3.63) is 48.0 Å². The number of sulfonamides is 2. The monoisotopic (exact) mass is 563 g/mol. The lowest BCUT2D eigenvalue weighted by molar-refractivity contribution is -0.137. The molecule has 37 heavy (non-hydrogen) atoms. The van der Waals surface area contributed by atoms with E-state index in [1.807, 2.05) is 10.0 Å². The summed E-state index contributed by atoms with van der Waals surface area (Å²) < 4.78 is 99.1. The highest BCUT2D eigenvalue weighted by Crippen LogP contribution is 2.40. The maximum absolute atomic E-state index is 13.5. The molecule has 2 amide bonds. The average Bonchev–Trinajstić information content (AvgIpc) is 3.64. The van der Waals surface area contributed by atoms with E-state index in [9.17, 15) is 39.6 Å². The van der Waals surface area contributed by atoms with Crippen LogP contribution in [0.3, 0.4) is 0 Å². The molecule has 0 aromatic heterocycles. The summed E-state index contributed by atoms with van der Waals surface area (Å²) in [6.45, 7) is -0.570. The van der Waals surface area contributed by atoms with Gasteiger partial charge in [0.25, 0.3) is 10.0 Å². The van der Waals surface area contributed by atoms with Crippen LogP contribution in [0.15, 0.2) is 47.4 Å². The number of carbonyl (C=O) groups excluding carboxylic acids is 1. The minimum atomic E-state index is -4.82. The molecule has 4 rings (SSSR count). The Bertz CT molecular complexity index is 1460. The van der Waals surface area contributed by atoms with E-state index in [0.29, 0.717) is 29.3 Å². The third-order valence-corrected chi connectivity index (χ3v) is 9.16. The van der Waals surface area contributed by atoms with E-state index in [1.54, 1.807) is 0 Å². The van der Waals surface area contributed by atoms with E-state index in [2.05, 4.69) is 0 Å². The highest BCUT2D eigenvalue weighted by molar-refractivity contribution is 7.92. The molecule has 11 nitrogen and oxygen atoms in total. The lowest BCUT2D eigenvalue weighted by atomic mass is 10.1. The van der Waals surface area contributed by atoms with Crippen molar-refractivity contribution in [2.75, 3.05) is 16.2 Å². The van der Waals surface area contributed by atoms with E-state index in [0.717, 1.165) is 18.2 Å². The van der Waals surface area contributed by atoms with Crippen molar-refractivity contribution < 1.29 is 49.4 Å². The van der Waals surface area contributed by atoms with Gasteiger partial charge < -0.3 is 9.84 Å². The van der Waals surface area contributed by atoms with Crippen LogP contribution >= 0.6 is 0 Å². The van der Waals surface area contributed by atoms with Crippen molar-refractivity contribution in [3.8, 4) is 5.75 Å². The van der Waals surface area contributed by atoms with E-state index in [1.165, 1.54) is 12.1 Å². The molecule has 0 bridgehead atoms. The lowest BCUT2D eigenvalue weighted by Crippen LogP contribution is -2.46. The Balaban J connectivity index is 1.69. The summed E-state index contributed by atoms with van der Waals surface area (Å²) in [6.07, 6.45) is -7.23. The maximum atomic E-state index is 13.5. The zero-order chi connectivity index (χ0) is 27.2. The van der Waals surface area contributed by atoms with Gasteiger partial charge in [0.05, 0.1) is 34.4 Å². The molecule has 1 fully saturated rings. The largest absolute Gasteiger partial charge is 0.486 e. The zero-order valence-corrected chi connectivity index (χ0v) is 20.4. The van der Waals surface area contributed by atoms with Gasteiger partial charge in [-0.25, -0.2) is 21.6 Å². The molecule has 0 radical (unpaired) electrons. The molecule has 1 unspecified atom stereocenters. The highest BCUT2D eigenvalue weighted by Gasteiger charge is 2.40. The second kappa shape index (κ2) is 9.41. The number of ether oxygens (including phenoxy) is 1. The van der Waals surface area contributed by atoms with Crippen LogP contribution in [-0.2, 0) is 31.0 Å². The average molecular weight is 564 g/mol. The Morgan fingerprint density at radius 3 is 2.41 bits per heavy atom. The minimum absolute atomic E-state index is 0.0502. The Kier molecular flexibility index (Phi) is 6.74. The molecular weight excluding hydrogens is 543 g/mol. The van der Waals surface area contributed by atoms with Crippen LogP contribution < -0.4 is 19.1 Å². The number of nitrogens with zero attached hydrogens (tertiary/aromatic N) is 1. The summed E-state index contributed by atoms with van der Waals surface area (Å²) in [5.41, 5.74) is -1.44. The van der Waals surface area contributed by atoms with Crippen molar-refractivity contribution in [2.24, 2.45) is 0 Å². The topological polar surface area (TPSA) is 159 Å². The quantitative estimate of drug-likeness (QED) is 0.464. The van der Waals surface area contributed by atoms with Gasteiger partial charge in [-0.15, -0.1) is 0 Å². The Morgan fingerprint density at radius 1 is 1.08 bits per heavy atom. The number of carboxylic acid groups (broad SMARTS) is 1. The molecular formula is C21H20F3N3O8S2. The van der Waals surface area contributed by atoms with E-state index in [4.69, 9.17) is 9.84 Å². The van der Waals surface area contributed by atoms with Crippen molar-refractivity contribution in [1.29, 1.82) is 0 Å². The van der Waals surface area contributed by atoms with Crippen LogP contribution in [0.1, 0.15) is 24.8 Å². The first-order chi connectivity index (χ1) is 17.2. The number of fused-ring (bicyclic) bond motifs is 1. The number of anilines is 2. The molecule has 1 aliphatic heterocycles. The molecule has 0 saturated heterocycles. The number of halogens is 3. The number of nitrogens with one attached hydrogen (secondary N) is 2. The van der Waals surface area contributed by atoms with E-state index >= 15 is 0 Å². The first-order valence-corrected chi connectivity index (χ1v) is 13.7. The molecule has 0 spiro atoms. The first kappa shape index (κ1) is 26.5. The number of carbonyl (C=O) groups is 2. The molecule has 2 aromatic rings. The van der Waals surface area contributed by atoms with Crippen LogP contribution in [-0.4, -0.2) is 51.8 Å². The van der Waals surface area contributed by atoms with E-state index < -0.39 is 73.0 Å². The third-order valence-electron chi connectivity index (χ3n) is 5.52. The van der Waals surface area contributed by atoms with Crippen LogP contribution in [0, 0.1) is 0 Å². The Labute approximate surface area is 209 Å². The zero-order valence-electron chi connectivity index (χ0n) is 18.7. The highest BCUT2D eigenvalue weighted by atomic mass is 32.2. The van der Waals surface area contributed by atoms with Gasteiger partial charge in [0.2, 0.25) is 15.9 Å². The summed E-state index contributed by atoms with van der Waals surface area (Å²) in [5, 5.41) is 10.3. The van der Waals surface area contributed by atoms with Crippen LogP contribution in [0.25, 0.3) is 0 Å². The number of hydrogen-bond donors (Lipinski definition) is 3. The van der Waals surface area contributed by atoms with Gasteiger partial charge in [-0.1, -0.05) is 6.07 Å². The molecule has 1 heterocycles. The maximum Gasteiger partial charge on any atom is 0.416 e. The molecule has 3 N–H and O–H groups in total. The van der Waals surface area contributed by atoms with E-state index in [-0.39, 0.29) is 17.1 Å². The normalized spacial score (nSPS) is 17.9. The number of alkyl halides is 3. The van der Waals surface area contributed by atoms with Crippen LogP contribution in [0.4, 0.5) is 29.3 Å². The standard InChI is InChI=1S/C21H20F3N3O8S2/c22-21(23,24)12-2-1-3-16(8-12)37(33,34)27-11-14(10-19(28)26-36(31,32)15-5-6-15)35-18-7-4-13(9-17(18)27)25-20(29)30/h1-4,7-9,14-15,25H,5-6,10-11H2,(H,26,28)(H,29,30). The molecule has 200 valence electrons. The van der Waals surface area contributed by atoms with Crippen molar-refractivity contribution in [2.45, 2.75) is 41.7 Å². The van der Waals surface area contributed by atoms with Gasteiger partial charge in [-0.3, -0.25) is 19.1 Å². The second-order valence-corrected chi connectivity index (χ2v) is 12.2. The fourth-order valence-corrected chi connectivity index (χ4v) is 6.55. The van der Waals surface area contributed by atoms with Gasteiger partial charge in [0.1, 0.15) is 11.9 Å². The van der Waals surface area contributed by atoms with Gasteiger partial charge in [0.15, 0.2) is 0 Å². The third kappa shape index (κ3) is 5.90. The number of rotatable bonds is 7. The Morgan fingerprint density at radius 2 is 1.78 bits per heavy atom. The van der Waals surface area contributed by atoms with Gasteiger partial charge in [-0.05, 0) is 49.2 Å². The molecule has 1 saturated carbocycles. The number of amides is 2. The van der Waals surface area contributed by atoms with Gasteiger partial charge in [0, 0.05) is 5.69 Å². The molecule has 1 aliphatic carbocycles. The van der Waals surface area contributed by atoms with Crippen LogP contribution in [0.5, 0.6) is 5.75 Å². The minimum Gasteiger partial charge on any atom is -0.486 e. The summed E-state index contributed by atoms with van der Waals surface area (Å²) in [4.78, 5) is 22.7. The Hall–Kier alpha value is -3.53. The summed E-state index contributed by atoms with van der Waals surface area (Å²) in [7, 11) is -8.56. The molecule has 2 aliphatic rings. The number of benzene rings is 2. The van der Waals surface area contributed by atoms with Crippen molar-refractivity contribution >= 4 is 43.4 Å². The first-order valence-electron chi connectivity index (χ1n) is 10.7. The fraction of sp³-hybridized carbons (Fsp3) is 0.333. The predicted molar refractivity (Wildman–Crippen MR) is 123 cm³/mol. The number of hydrogen-bond acceptors (Lipinski definition) is 7. The van der Waals surface area contributed by atoms with Gasteiger partial charge in [-0.2, -0.15) is 13.2 Å². The molecule has 16 heteroatoms. The predicted octanol–water partition coefficient (Wildman–Crippen LogP) is 2.75. The summed E-state index contributed by atoms with van der Waals surface area (Å²) in [5.74, 6) is -1.05.